The Hall–Kier alpha value is -3.45. The number of piperazine rings is 1. The summed E-state index contributed by atoms with van der Waals surface area (Å²) in [6.07, 6.45) is 1.59. The molecule has 2 aromatic heterocycles. The number of pyridine rings is 1. The molecule has 30 heavy (non-hydrogen) atoms. The number of hydrogen-bond donors (Lipinski definition) is 2. The maximum atomic E-state index is 12.8. The van der Waals surface area contributed by atoms with Gasteiger partial charge in [0, 0.05) is 43.7 Å². The van der Waals surface area contributed by atoms with Crippen molar-refractivity contribution in [3.63, 3.8) is 0 Å². The molecule has 3 heterocycles. The van der Waals surface area contributed by atoms with Gasteiger partial charge in [0.25, 0.3) is 11.5 Å². The van der Waals surface area contributed by atoms with E-state index < -0.39 is 0 Å². The maximum Gasteiger partial charge on any atom is 0.262 e. The quantitative estimate of drug-likeness (QED) is 0.553. The second kappa shape index (κ2) is 7.42. The van der Waals surface area contributed by atoms with Crippen molar-refractivity contribution in [2.45, 2.75) is 13.5 Å². The van der Waals surface area contributed by atoms with Crippen LogP contribution >= 0.6 is 0 Å². The summed E-state index contributed by atoms with van der Waals surface area (Å²) in [5.41, 5.74) is 4.31. The number of aromatic nitrogens is 3. The Morgan fingerprint density at radius 3 is 2.50 bits per heavy atom. The minimum atomic E-state index is -0.0390. The average molecular weight is 401 g/mol. The molecule has 152 valence electrons. The van der Waals surface area contributed by atoms with Gasteiger partial charge in [-0.3, -0.25) is 14.7 Å². The summed E-state index contributed by atoms with van der Waals surface area (Å²) >= 11 is 0. The fourth-order valence-corrected chi connectivity index (χ4v) is 4.22. The van der Waals surface area contributed by atoms with Gasteiger partial charge in [-0.05, 0) is 36.2 Å². The van der Waals surface area contributed by atoms with E-state index in [0.717, 1.165) is 53.7 Å². The van der Waals surface area contributed by atoms with E-state index in [1.165, 1.54) is 0 Å². The van der Waals surface area contributed by atoms with Crippen molar-refractivity contribution in [2.24, 2.45) is 0 Å². The molecular formula is C23H23N5O2. The van der Waals surface area contributed by atoms with Gasteiger partial charge in [0.2, 0.25) is 0 Å². The van der Waals surface area contributed by atoms with Crippen molar-refractivity contribution < 1.29 is 4.79 Å². The largest absolute Gasteiger partial charge is 0.336 e. The Labute approximate surface area is 173 Å². The van der Waals surface area contributed by atoms with Gasteiger partial charge in [0.1, 0.15) is 0 Å². The fourth-order valence-electron chi connectivity index (χ4n) is 4.22. The van der Waals surface area contributed by atoms with E-state index in [2.05, 4.69) is 15.5 Å². The summed E-state index contributed by atoms with van der Waals surface area (Å²) in [6.45, 7) is 5.70. The normalized spacial score (nSPS) is 14.5. The third-order valence-corrected chi connectivity index (χ3v) is 5.86. The number of nitrogens with one attached hydrogen (secondary N) is 2. The fraction of sp³-hybridized carbons (Fsp3) is 0.261. The summed E-state index contributed by atoms with van der Waals surface area (Å²) in [5, 5.41) is 11.8. The lowest BCUT2D eigenvalue weighted by Crippen LogP contribution is -2.46. The van der Waals surface area contributed by atoms with Gasteiger partial charge in [-0.25, -0.2) is 0 Å². The Morgan fingerprint density at radius 1 is 1.03 bits per heavy atom. The van der Waals surface area contributed by atoms with Crippen LogP contribution in [-0.2, 0) is 6.54 Å². The van der Waals surface area contributed by atoms with Crippen molar-refractivity contribution in [1.82, 2.24) is 25.0 Å². The molecule has 7 heteroatoms. The maximum absolute atomic E-state index is 12.8. The molecule has 1 aliphatic rings. The second-order valence-electron chi connectivity index (χ2n) is 7.56. The minimum absolute atomic E-state index is 0.0390. The number of hydrogen-bond acceptors (Lipinski definition) is 4. The molecule has 0 unspecified atom stereocenters. The van der Waals surface area contributed by atoms with Crippen molar-refractivity contribution in [1.29, 1.82) is 0 Å². The molecule has 0 atom stereocenters. The highest BCUT2D eigenvalue weighted by Crippen LogP contribution is 2.27. The van der Waals surface area contributed by atoms with E-state index in [1.807, 2.05) is 54.3 Å². The molecule has 1 amide bonds. The SMILES string of the molecule is CCn1c(=O)c2cn[nH]c2c2ccc(-c3ccc(C(=O)N4CCNCC4)cc3)cc21. The predicted octanol–water partition coefficient (Wildman–Crippen LogP) is 2.61. The zero-order valence-electron chi connectivity index (χ0n) is 16.8. The first-order valence-electron chi connectivity index (χ1n) is 10.3. The van der Waals surface area contributed by atoms with Gasteiger partial charge in [0.15, 0.2) is 0 Å². The van der Waals surface area contributed by atoms with Crippen LogP contribution in [0.15, 0.2) is 53.5 Å². The van der Waals surface area contributed by atoms with E-state index in [-0.39, 0.29) is 11.5 Å². The van der Waals surface area contributed by atoms with E-state index in [1.54, 1.807) is 10.8 Å². The molecule has 0 radical (unpaired) electrons. The molecule has 4 aromatic rings. The van der Waals surface area contributed by atoms with Crippen LogP contribution in [0.3, 0.4) is 0 Å². The lowest BCUT2D eigenvalue weighted by molar-refractivity contribution is 0.0736. The van der Waals surface area contributed by atoms with Crippen molar-refractivity contribution in [2.75, 3.05) is 26.2 Å². The van der Waals surface area contributed by atoms with Crippen molar-refractivity contribution >= 4 is 27.7 Å². The summed E-state index contributed by atoms with van der Waals surface area (Å²) < 4.78 is 1.78. The van der Waals surface area contributed by atoms with Crippen LogP contribution in [0.1, 0.15) is 17.3 Å². The average Bonchev–Trinajstić information content (AvgIpc) is 3.30. The number of aryl methyl sites for hydroxylation is 1. The number of nitrogens with zero attached hydrogens (tertiary/aromatic N) is 3. The Kier molecular flexibility index (Phi) is 4.59. The second-order valence-corrected chi connectivity index (χ2v) is 7.56. The van der Waals surface area contributed by atoms with Crippen LogP contribution < -0.4 is 10.9 Å². The molecule has 1 saturated heterocycles. The molecule has 1 fully saturated rings. The molecule has 2 N–H and O–H groups in total. The Bertz CT molecular complexity index is 1300. The number of benzene rings is 2. The van der Waals surface area contributed by atoms with Gasteiger partial charge in [-0.1, -0.05) is 24.3 Å². The summed E-state index contributed by atoms with van der Waals surface area (Å²) in [7, 11) is 0. The highest BCUT2D eigenvalue weighted by Gasteiger charge is 2.18. The van der Waals surface area contributed by atoms with Crippen LogP contribution in [0.2, 0.25) is 0 Å². The highest BCUT2D eigenvalue weighted by molar-refractivity contribution is 6.04. The third-order valence-electron chi connectivity index (χ3n) is 5.86. The molecule has 2 aromatic carbocycles. The zero-order chi connectivity index (χ0) is 20.7. The van der Waals surface area contributed by atoms with Crippen molar-refractivity contribution in [3.05, 3.63) is 64.6 Å². The molecule has 7 nitrogen and oxygen atoms in total. The van der Waals surface area contributed by atoms with Gasteiger partial charge in [-0.2, -0.15) is 5.10 Å². The first-order valence-corrected chi connectivity index (χ1v) is 10.3. The van der Waals surface area contributed by atoms with Crippen LogP contribution in [0, 0.1) is 0 Å². The molecule has 0 aliphatic carbocycles. The van der Waals surface area contributed by atoms with E-state index in [0.29, 0.717) is 17.5 Å². The predicted molar refractivity (Wildman–Crippen MR) is 118 cm³/mol. The van der Waals surface area contributed by atoms with Gasteiger partial charge >= 0.3 is 0 Å². The molecular weight excluding hydrogens is 378 g/mol. The minimum Gasteiger partial charge on any atom is -0.336 e. The lowest BCUT2D eigenvalue weighted by Gasteiger charge is -2.27. The summed E-state index contributed by atoms with van der Waals surface area (Å²) in [4.78, 5) is 27.4. The number of H-pyrrole nitrogens is 1. The van der Waals surface area contributed by atoms with Gasteiger partial charge in [0.05, 0.1) is 22.6 Å². The number of aromatic amines is 1. The van der Waals surface area contributed by atoms with Crippen LogP contribution in [0.4, 0.5) is 0 Å². The lowest BCUT2D eigenvalue weighted by atomic mass is 10.0. The topological polar surface area (TPSA) is 83.0 Å². The van der Waals surface area contributed by atoms with E-state index in [4.69, 9.17) is 0 Å². The Morgan fingerprint density at radius 2 is 1.77 bits per heavy atom. The van der Waals surface area contributed by atoms with E-state index >= 15 is 0 Å². The third kappa shape index (κ3) is 2.98. The first kappa shape index (κ1) is 18.6. The molecule has 0 spiro atoms. The molecule has 5 rings (SSSR count). The molecule has 0 bridgehead atoms. The monoisotopic (exact) mass is 401 g/mol. The number of amides is 1. The van der Waals surface area contributed by atoms with Crippen LogP contribution in [-0.4, -0.2) is 51.8 Å². The number of rotatable bonds is 3. The smallest absolute Gasteiger partial charge is 0.262 e. The summed E-state index contributed by atoms with van der Waals surface area (Å²) in [5.74, 6) is 0.0722. The first-order chi connectivity index (χ1) is 14.7. The Balaban J connectivity index is 1.54. The van der Waals surface area contributed by atoms with Crippen molar-refractivity contribution in [3.8, 4) is 11.1 Å². The zero-order valence-corrected chi connectivity index (χ0v) is 16.8. The highest BCUT2D eigenvalue weighted by atomic mass is 16.2. The molecule has 0 saturated carbocycles. The van der Waals surface area contributed by atoms with Crippen LogP contribution in [0.25, 0.3) is 32.9 Å². The number of carbonyl (C=O) groups is 1. The standard InChI is InChI=1S/C23H23N5O2/c1-2-28-20-13-17(7-8-18(20)21-19(23(28)30)14-25-26-21)15-3-5-16(6-4-15)22(29)27-11-9-24-10-12-27/h3-8,13-14,24H,2,9-12H2,1H3,(H,25,26). The number of carbonyl (C=O) groups excluding carboxylic acids is 1. The van der Waals surface area contributed by atoms with Gasteiger partial charge in [-0.15, -0.1) is 0 Å². The summed E-state index contributed by atoms with van der Waals surface area (Å²) in [6, 6.07) is 13.8. The van der Waals surface area contributed by atoms with Crippen LogP contribution in [0.5, 0.6) is 0 Å². The van der Waals surface area contributed by atoms with Gasteiger partial charge < -0.3 is 14.8 Å². The molecule has 1 aliphatic heterocycles. The van der Waals surface area contributed by atoms with E-state index in [9.17, 15) is 9.59 Å². The number of fused-ring (bicyclic) bond motifs is 3.